The van der Waals surface area contributed by atoms with E-state index in [0.29, 0.717) is 6.61 Å². The minimum absolute atomic E-state index is 0.118. The van der Waals surface area contributed by atoms with Crippen LogP contribution >= 0.6 is 0 Å². The summed E-state index contributed by atoms with van der Waals surface area (Å²) in [5, 5.41) is 2.33. The molecule has 1 unspecified atom stereocenters. The first kappa shape index (κ1) is 19.4. The Morgan fingerprint density at radius 3 is 2.52 bits per heavy atom. The van der Waals surface area contributed by atoms with Gasteiger partial charge >= 0.3 is 0 Å². The highest BCUT2D eigenvalue weighted by Crippen LogP contribution is 2.20. The van der Waals surface area contributed by atoms with E-state index in [2.05, 4.69) is 10.0 Å². The first-order valence-corrected chi connectivity index (χ1v) is 9.81. The first-order chi connectivity index (χ1) is 12.8. The van der Waals surface area contributed by atoms with Crippen LogP contribution in [0.4, 0.5) is 14.5 Å². The molecule has 1 saturated heterocycles. The summed E-state index contributed by atoms with van der Waals surface area (Å²) in [6, 6.07) is 7.94. The molecule has 1 heterocycles. The smallest absolute Gasteiger partial charge is 0.255 e. The van der Waals surface area contributed by atoms with Crippen molar-refractivity contribution >= 4 is 21.6 Å². The molecule has 144 valence electrons. The molecule has 0 spiro atoms. The largest absolute Gasteiger partial charge is 0.377 e. The van der Waals surface area contributed by atoms with Gasteiger partial charge in [-0.2, -0.15) is 0 Å². The quantitative estimate of drug-likeness (QED) is 0.786. The predicted octanol–water partition coefficient (Wildman–Crippen LogP) is 2.67. The number of hydrogen-bond donors (Lipinski definition) is 2. The standard InChI is InChI=1S/C18H18F2N2O4S/c19-13-5-3-12(4-6-13)18(23)22-17-8-7-15(10-16(17)20)27(24,25)21-11-14-2-1-9-26-14/h3-8,10,14,21H,1-2,9,11H2,(H,22,23). The fourth-order valence-electron chi connectivity index (χ4n) is 2.65. The Hall–Kier alpha value is -2.36. The maximum absolute atomic E-state index is 14.3. The zero-order valence-corrected chi connectivity index (χ0v) is 15.1. The van der Waals surface area contributed by atoms with Crippen molar-refractivity contribution in [2.45, 2.75) is 23.8 Å². The molecule has 0 aromatic heterocycles. The fourth-order valence-corrected chi connectivity index (χ4v) is 3.73. The third-order valence-corrected chi connectivity index (χ3v) is 5.55. The minimum atomic E-state index is -3.90. The van der Waals surface area contributed by atoms with Gasteiger partial charge in [0.15, 0.2) is 0 Å². The third-order valence-electron chi connectivity index (χ3n) is 4.13. The van der Waals surface area contributed by atoms with Gasteiger partial charge in [-0.25, -0.2) is 21.9 Å². The second kappa shape index (κ2) is 8.12. The highest BCUT2D eigenvalue weighted by atomic mass is 32.2. The first-order valence-electron chi connectivity index (χ1n) is 8.33. The lowest BCUT2D eigenvalue weighted by molar-refractivity contribution is 0.102. The molecule has 1 atom stereocenters. The Balaban J connectivity index is 1.69. The maximum Gasteiger partial charge on any atom is 0.255 e. The van der Waals surface area contributed by atoms with Crippen LogP contribution in [0.2, 0.25) is 0 Å². The molecule has 1 aliphatic heterocycles. The van der Waals surface area contributed by atoms with Crippen LogP contribution < -0.4 is 10.0 Å². The Morgan fingerprint density at radius 1 is 1.15 bits per heavy atom. The van der Waals surface area contributed by atoms with Crippen molar-refractivity contribution in [3.8, 4) is 0 Å². The van der Waals surface area contributed by atoms with Crippen molar-refractivity contribution in [2.24, 2.45) is 0 Å². The molecule has 0 bridgehead atoms. The Kier molecular flexibility index (Phi) is 5.83. The molecule has 1 fully saturated rings. The summed E-state index contributed by atoms with van der Waals surface area (Å²) < 4.78 is 59.5. The van der Waals surface area contributed by atoms with Gasteiger partial charge in [0.1, 0.15) is 11.6 Å². The number of benzene rings is 2. The van der Waals surface area contributed by atoms with Gasteiger partial charge in [-0.3, -0.25) is 4.79 Å². The van der Waals surface area contributed by atoms with Gasteiger partial charge in [-0.1, -0.05) is 0 Å². The maximum atomic E-state index is 14.3. The van der Waals surface area contributed by atoms with Crippen LogP contribution in [0.1, 0.15) is 23.2 Å². The molecule has 3 rings (SSSR count). The van der Waals surface area contributed by atoms with Gasteiger partial charge in [0, 0.05) is 18.7 Å². The molecule has 27 heavy (non-hydrogen) atoms. The SMILES string of the molecule is O=C(Nc1ccc(S(=O)(=O)NCC2CCCO2)cc1F)c1ccc(F)cc1. The van der Waals surface area contributed by atoms with Gasteiger partial charge < -0.3 is 10.1 Å². The van der Waals surface area contributed by atoms with Gasteiger partial charge in [-0.15, -0.1) is 0 Å². The average Bonchev–Trinajstić information content (AvgIpc) is 3.16. The van der Waals surface area contributed by atoms with Crippen LogP contribution in [-0.4, -0.2) is 33.6 Å². The second-order valence-corrected chi connectivity index (χ2v) is 7.86. The number of halogens is 2. The van der Waals surface area contributed by atoms with Crippen molar-refractivity contribution in [1.82, 2.24) is 4.72 Å². The van der Waals surface area contributed by atoms with Crippen LogP contribution in [0.15, 0.2) is 47.4 Å². The third kappa shape index (κ3) is 4.88. The van der Waals surface area contributed by atoms with Crippen LogP contribution in [0.5, 0.6) is 0 Å². The van der Waals surface area contributed by atoms with Crippen LogP contribution in [0.25, 0.3) is 0 Å². The molecule has 9 heteroatoms. The minimum Gasteiger partial charge on any atom is -0.377 e. The average molecular weight is 396 g/mol. The lowest BCUT2D eigenvalue weighted by Gasteiger charge is -2.12. The highest BCUT2D eigenvalue weighted by molar-refractivity contribution is 7.89. The Labute approximate surface area is 155 Å². The van der Waals surface area contributed by atoms with Gasteiger partial charge in [-0.05, 0) is 55.3 Å². The zero-order valence-electron chi connectivity index (χ0n) is 14.2. The zero-order chi connectivity index (χ0) is 19.4. The number of hydrogen-bond acceptors (Lipinski definition) is 4. The molecule has 6 nitrogen and oxygen atoms in total. The molecule has 2 aromatic carbocycles. The second-order valence-electron chi connectivity index (χ2n) is 6.09. The highest BCUT2D eigenvalue weighted by Gasteiger charge is 2.21. The number of anilines is 1. The van der Waals surface area contributed by atoms with E-state index >= 15 is 0 Å². The van der Waals surface area contributed by atoms with E-state index in [1.807, 2.05) is 0 Å². The van der Waals surface area contributed by atoms with E-state index < -0.39 is 27.6 Å². The van der Waals surface area contributed by atoms with Gasteiger partial charge in [0.25, 0.3) is 5.91 Å². The summed E-state index contributed by atoms with van der Waals surface area (Å²) in [5.74, 6) is -2.03. The summed E-state index contributed by atoms with van der Waals surface area (Å²) in [7, 11) is -3.90. The summed E-state index contributed by atoms with van der Waals surface area (Å²) in [4.78, 5) is 11.8. The molecular formula is C18H18F2N2O4S. The van der Waals surface area contributed by atoms with Crippen LogP contribution in [0, 0.1) is 11.6 Å². The number of nitrogens with one attached hydrogen (secondary N) is 2. The van der Waals surface area contributed by atoms with E-state index in [1.165, 1.54) is 18.2 Å². The van der Waals surface area contributed by atoms with Gasteiger partial charge in [0.2, 0.25) is 10.0 Å². The van der Waals surface area contributed by atoms with E-state index in [4.69, 9.17) is 4.74 Å². The molecule has 2 N–H and O–H groups in total. The van der Waals surface area contributed by atoms with E-state index in [0.717, 1.165) is 37.1 Å². The number of sulfonamides is 1. The summed E-state index contributed by atoms with van der Waals surface area (Å²) >= 11 is 0. The predicted molar refractivity (Wildman–Crippen MR) is 94.9 cm³/mol. The van der Waals surface area contributed by atoms with Crippen LogP contribution in [-0.2, 0) is 14.8 Å². The lowest BCUT2D eigenvalue weighted by Crippen LogP contribution is -2.31. The Morgan fingerprint density at radius 2 is 1.89 bits per heavy atom. The number of rotatable bonds is 6. The molecule has 1 aliphatic rings. The fraction of sp³-hybridized carbons (Fsp3) is 0.278. The van der Waals surface area contributed by atoms with E-state index in [9.17, 15) is 22.0 Å². The van der Waals surface area contributed by atoms with E-state index in [-0.39, 0.29) is 28.8 Å². The van der Waals surface area contributed by atoms with Crippen LogP contribution in [0.3, 0.4) is 0 Å². The van der Waals surface area contributed by atoms with Gasteiger partial charge in [0.05, 0.1) is 16.7 Å². The number of amides is 1. The van der Waals surface area contributed by atoms with Crippen molar-refractivity contribution in [3.05, 3.63) is 59.7 Å². The molecule has 1 amide bonds. The van der Waals surface area contributed by atoms with Crippen molar-refractivity contribution in [3.63, 3.8) is 0 Å². The summed E-state index contributed by atoms with van der Waals surface area (Å²) in [5.41, 5.74) is -0.0341. The molecule has 0 aliphatic carbocycles. The Bertz CT molecular complexity index is 927. The molecular weight excluding hydrogens is 378 g/mol. The summed E-state index contributed by atoms with van der Waals surface area (Å²) in [6.45, 7) is 0.719. The summed E-state index contributed by atoms with van der Waals surface area (Å²) in [6.07, 6.45) is 1.47. The topological polar surface area (TPSA) is 84.5 Å². The lowest BCUT2D eigenvalue weighted by atomic mass is 10.2. The van der Waals surface area contributed by atoms with Crippen molar-refractivity contribution < 1.29 is 26.7 Å². The number of ether oxygens (including phenoxy) is 1. The van der Waals surface area contributed by atoms with Crippen molar-refractivity contribution in [1.29, 1.82) is 0 Å². The van der Waals surface area contributed by atoms with Crippen molar-refractivity contribution in [2.75, 3.05) is 18.5 Å². The monoisotopic (exact) mass is 396 g/mol. The molecule has 0 saturated carbocycles. The van der Waals surface area contributed by atoms with E-state index in [1.54, 1.807) is 0 Å². The molecule has 0 radical (unpaired) electrons. The number of carbonyl (C=O) groups excluding carboxylic acids is 1. The normalized spacial score (nSPS) is 17.0. The molecule has 2 aromatic rings. The number of carbonyl (C=O) groups is 1.